The molecule has 1 fully saturated rings. The van der Waals surface area contributed by atoms with E-state index in [4.69, 9.17) is 0 Å². The maximum Gasteiger partial charge on any atom is 0.407 e. The highest BCUT2D eigenvalue weighted by atomic mass is 32.2. The van der Waals surface area contributed by atoms with E-state index in [1.807, 2.05) is 30.3 Å². The molecule has 0 aliphatic carbocycles. The standard InChI is InChI=1S/C17H24N2O4S/c1-23-17(22)18-13(12-24-15-5-3-2-4-6-15)11-16(21)19-9-7-14(20)8-10-19/h2-6,13-14,20H,7-12H2,1H3,(H,18,22). The molecule has 0 saturated carbocycles. The van der Waals surface area contributed by atoms with E-state index in [1.165, 1.54) is 7.11 Å². The third-order valence-corrected chi connectivity index (χ3v) is 5.11. The van der Waals surface area contributed by atoms with Crippen LogP contribution in [0.1, 0.15) is 19.3 Å². The van der Waals surface area contributed by atoms with Crippen molar-refractivity contribution >= 4 is 23.8 Å². The number of carbonyl (C=O) groups is 2. The van der Waals surface area contributed by atoms with Crippen LogP contribution in [0, 0.1) is 0 Å². The van der Waals surface area contributed by atoms with Crippen molar-refractivity contribution in [2.75, 3.05) is 26.0 Å². The summed E-state index contributed by atoms with van der Waals surface area (Å²) < 4.78 is 4.66. The number of likely N-dealkylation sites (tertiary alicyclic amines) is 1. The Hall–Kier alpha value is -1.73. The summed E-state index contributed by atoms with van der Waals surface area (Å²) in [6.45, 7) is 1.13. The summed E-state index contributed by atoms with van der Waals surface area (Å²) in [6, 6.07) is 9.54. The number of nitrogens with one attached hydrogen (secondary N) is 1. The van der Waals surface area contributed by atoms with Gasteiger partial charge in [0.05, 0.1) is 19.3 Å². The van der Waals surface area contributed by atoms with Crippen molar-refractivity contribution in [1.29, 1.82) is 0 Å². The van der Waals surface area contributed by atoms with Gasteiger partial charge in [0, 0.05) is 30.2 Å². The van der Waals surface area contributed by atoms with E-state index in [-0.39, 0.29) is 24.5 Å². The highest BCUT2D eigenvalue weighted by Gasteiger charge is 2.24. The molecule has 1 aliphatic heterocycles. The Kier molecular flexibility index (Phi) is 7.39. The van der Waals surface area contributed by atoms with Crippen LogP contribution in [0.4, 0.5) is 4.79 Å². The fourth-order valence-electron chi connectivity index (χ4n) is 2.55. The van der Waals surface area contributed by atoms with Crippen LogP contribution in [0.25, 0.3) is 0 Å². The molecule has 132 valence electrons. The lowest BCUT2D eigenvalue weighted by atomic mass is 10.1. The average Bonchev–Trinajstić information content (AvgIpc) is 2.61. The van der Waals surface area contributed by atoms with Crippen LogP contribution in [0.15, 0.2) is 35.2 Å². The van der Waals surface area contributed by atoms with Gasteiger partial charge < -0.3 is 20.1 Å². The molecule has 1 saturated heterocycles. The zero-order valence-corrected chi connectivity index (χ0v) is 14.6. The summed E-state index contributed by atoms with van der Waals surface area (Å²) >= 11 is 1.59. The molecule has 0 bridgehead atoms. The first kappa shape index (κ1) is 18.6. The number of hydrogen-bond donors (Lipinski definition) is 2. The van der Waals surface area contributed by atoms with Crippen LogP contribution in [-0.2, 0) is 9.53 Å². The Morgan fingerprint density at radius 3 is 2.62 bits per heavy atom. The summed E-state index contributed by atoms with van der Waals surface area (Å²) in [4.78, 5) is 26.8. The van der Waals surface area contributed by atoms with E-state index in [0.29, 0.717) is 31.7 Å². The Morgan fingerprint density at radius 1 is 1.33 bits per heavy atom. The molecule has 1 aromatic carbocycles. The third-order valence-electron chi connectivity index (χ3n) is 3.94. The molecular formula is C17H24N2O4S. The van der Waals surface area contributed by atoms with Gasteiger partial charge in [-0.3, -0.25) is 4.79 Å². The fourth-order valence-corrected chi connectivity index (χ4v) is 3.49. The smallest absolute Gasteiger partial charge is 0.407 e. The minimum absolute atomic E-state index is 0.00281. The molecular weight excluding hydrogens is 328 g/mol. The first-order valence-electron chi connectivity index (χ1n) is 8.06. The molecule has 0 spiro atoms. The van der Waals surface area contributed by atoms with Crippen LogP contribution in [0.2, 0.25) is 0 Å². The fraction of sp³-hybridized carbons (Fsp3) is 0.529. The Balaban J connectivity index is 1.89. The second kappa shape index (κ2) is 9.54. The third kappa shape index (κ3) is 6.05. The minimum atomic E-state index is -0.532. The SMILES string of the molecule is COC(=O)NC(CSc1ccccc1)CC(=O)N1CCC(O)CC1. The van der Waals surface area contributed by atoms with Gasteiger partial charge in [-0.25, -0.2) is 4.79 Å². The number of nitrogens with zero attached hydrogens (tertiary/aromatic N) is 1. The number of carbonyl (C=O) groups excluding carboxylic acids is 2. The van der Waals surface area contributed by atoms with Crippen molar-refractivity contribution in [2.24, 2.45) is 0 Å². The molecule has 24 heavy (non-hydrogen) atoms. The lowest BCUT2D eigenvalue weighted by Gasteiger charge is -2.31. The topological polar surface area (TPSA) is 78.9 Å². The van der Waals surface area contributed by atoms with E-state index in [1.54, 1.807) is 16.7 Å². The van der Waals surface area contributed by atoms with Gasteiger partial charge in [0.1, 0.15) is 0 Å². The lowest BCUT2D eigenvalue weighted by molar-refractivity contribution is -0.133. The normalized spacial score (nSPS) is 16.5. The number of thioether (sulfide) groups is 1. The van der Waals surface area contributed by atoms with Crippen molar-refractivity contribution in [3.05, 3.63) is 30.3 Å². The van der Waals surface area contributed by atoms with Crippen molar-refractivity contribution in [2.45, 2.75) is 36.3 Å². The number of benzene rings is 1. The van der Waals surface area contributed by atoms with Crippen LogP contribution < -0.4 is 5.32 Å². The number of ether oxygens (including phenoxy) is 1. The van der Waals surface area contributed by atoms with Gasteiger partial charge in [0.2, 0.25) is 5.91 Å². The number of aliphatic hydroxyl groups is 1. The van der Waals surface area contributed by atoms with Crippen molar-refractivity contribution in [1.82, 2.24) is 10.2 Å². The summed E-state index contributed by atoms with van der Waals surface area (Å²) in [5.74, 6) is 0.582. The van der Waals surface area contributed by atoms with E-state index >= 15 is 0 Å². The number of methoxy groups -OCH3 is 1. The first-order valence-corrected chi connectivity index (χ1v) is 9.05. The van der Waals surface area contributed by atoms with Gasteiger partial charge in [-0.2, -0.15) is 0 Å². The minimum Gasteiger partial charge on any atom is -0.453 e. The predicted molar refractivity (Wildman–Crippen MR) is 92.9 cm³/mol. The maximum atomic E-state index is 12.4. The van der Waals surface area contributed by atoms with Crippen LogP contribution in [0.5, 0.6) is 0 Å². The summed E-state index contributed by atoms with van der Waals surface area (Å²) in [5, 5.41) is 12.3. The van der Waals surface area contributed by atoms with Gasteiger partial charge in [0.25, 0.3) is 0 Å². The van der Waals surface area contributed by atoms with Gasteiger partial charge in [0.15, 0.2) is 0 Å². The molecule has 7 heteroatoms. The monoisotopic (exact) mass is 352 g/mol. The van der Waals surface area contributed by atoms with Gasteiger partial charge in [-0.1, -0.05) is 18.2 Å². The maximum absolute atomic E-state index is 12.4. The molecule has 1 unspecified atom stereocenters. The first-order chi connectivity index (χ1) is 11.6. The molecule has 1 atom stereocenters. The highest BCUT2D eigenvalue weighted by Crippen LogP contribution is 2.20. The zero-order chi connectivity index (χ0) is 17.4. The molecule has 2 N–H and O–H groups in total. The van der Waals surface area contributed by atoms with Gasteiger partial charge in [-0.15, -0.1) is 11.8 Å². The Bertz CT molecular complexity index is 533. The number of alkyl carbamates (subject to hydrolysis) is 1. The number of hydrogen-bond acceptors (Lipinski definition) is 5. The number of rotatable bonds is 6. The quantitative estimate of drug-likeness (QED) is 0.764. The van der Waals surface area contributed by atoms with Gasteiger partial charge >= 0.3 is 6.09 Å². The van der Waals surface area contributed by atoms with Crippen molar-refractivity contribution < 1.29 is 19.4 Å². The van der Waals surface area contributed by atoms with Gasteiger partial charge in [-0.05, 0) is 25.0 Å². The molecule has 1 aliphatic rings. The largest absolute Gasteiger partial charge is 0.453 e. The zero-order valence-electron chi connectivity index (χ0n) is 13.8. The Morgan fingerprint density at radius 2 is 2.00 bits per heavy atom. The highest BCUT2D eigenvalue weighted by molar-refractivity contribution is 7.99. The summed E-state index contributed by atoms with van der Waals surface area (Å²) in [7, 11) is 1.31. The van der Waals surface area contributed by atoms with Crippen LogP contribution in [-0.4, -0.2) is 60.1 Å². The number of piperidine rings is 1. The molecule has 2 amide bonds. The van der Waals surface area contributed by atoms with Crippen molar-refractivity contribution in [3.8, 4) is 0 Å². The summed E-state index contributed by atoms with van der Waals surface area (Å²) in [5.41, 5.74) is 0. The van der Waals surface area contributed by atoms with Crippen LogP contribution >= 0.6 is 11.8 Å². The van der Waals surface area contributed by atoms with Crippen molar-refractivity contribution in [3.63, 3.8) is 0 Å². The Labute approximate surface area is 146 Å². The average molecular weight is 352 g/mol. The molecule has 1 aromatic rings. The number of aliphatic hydroxyl groups excluding tert-OH is 1. The van der Waals surface area contributed by atoms with E-state index in [2.05, 4.69) is 10.1 Å². The second-order valence-corrected chi connectivity index (χ2v) is 6.87. The van der Waals surface area contributed by atoms with E-state index < -0.39 is 6.09 Å². The lowest BCUT2D eigenvalue weighted by Crippen LogP contribution is -2.45. The molecule has 0 aromatic heterocycles. The van der Waals surface area contributed by atoms with Crippen LogP contribution in [0.3, 0.4) is 0 Å². The van der Waals surface area contributed by atoms with E-state index in [0.717, 1.165) is 4.90 Å². The predicted octanol–water partition coefficient (Wildman–Crippen LogP) is 1.88. The molecule has 6 nitrogen and oxygen atoms in total. The molecule has 0 radical (unpaired) electrons. The number of amides is 2. The molecule has 2 rings (SSSR count). The van der Waals surface area contributed by atoms with E-state index in [9.17, 15) is 14.7 Å². The summed E-state index contributed by atoms with van der Waals surface area (Å²) in [6.07, 6.45) is 0.603. The second-order valence-electron chi connectivity index (χ2n) is 5.77. The molecule has 1 heterocycles.